The summed E-state index contributed by atoms with van der Waals surface area (Å²) >= 11 is 0. The molecule has 1 aromatic rings. The molecule has 0 bridgehead atoms. The quantitative estimate of drug-likeness (QED) is 0.846. The summed E-state index contributed by atoms with van der Waals surface area (Å²) in [6, 6.07) is 7.29. The molecule has 22 heavy (non-hydrogen) atoms. The van der Waals surface area contributed by atoms with Crippen molar-refractivity contribution in [2.24, 2.45) is 5.73 Å². The highest BCUT2D eigenvalue weighted by molar-refractivity contribution is 5.82. The van der Waals surface area contributed by atoms with E-state index in [0.29, 0.717) is 32.5 Å². The second kappa shape index (κ2) is 7.26. The highest BCUT2D eigenvalue weighted by Crippen LogP contribution is 2.19. The molecule has 0 spiro atoms. The molecular weight excluding hydrogens is 282 g/mol. The van der Waals surface area contributed by atoms with Crippen molar-refractivity contribution in [1.29, 1.82) is 0 Å². The first-order chi connectivity index (χ1) is 10.5. The molecule has 6 heteroatoms. The number of aryl methyl sites for hydroxylation is 1. The Morgan fingerprint density at radius 1 is 1.32 bits per heavy atom. The average molecular weight is 305 g/mol. The average Bonchev–Trinajstić information content (AvgIpc) is 2.53. The number of methoxy groups -OCH3 is 1. The lowest BCUT2D eigenvalue weighted by atomic mass is 10.1. The fraction of sp³-hybridized carbons (Fsp3) is 0.500. The lowest BCUT2D eigenvalue weighted by Gasteiger charge is -2.37. The molecule has 1 aliphatic rings. The summed E-state index contributed by atoms with van der Waals surface area (Å²) < 4.78 is 5.29. The zero-order valence-corrected chi connectivity index (χ0v) is 13.1. The predicted molar refractivity (Wildman–Crippen MR) is 83.5 cm³/mol. The lowest BCUT2D eigenvalue weighted by molar-refractivity contribution is -0.136. The lowest BCUT2D eigenvalue weighted by Crippen LogP contribution is -2.57. The van der Waals surface area contributed by atoms with E-state index in [0.717, 1.165) is 11.3 Å². The molecule has 2 amide bonds. The van der Waals surface area contributed by atoms with E-state index in [4.69, 9.17) is 10.5 Å². The maximum absolute atomic E-state index is 12.4. The van der Waals surface area contributed by atoms with Crippen molar-refractivity contribution in [2.75, 3.05) is 33.8 Å². The van der Waals surface area contributed by atoms with Crippen LogP contribution in [0.15, 0.2) is 24.3 Å². The first kappa shape index (κ1) is 16.3. The number of carbonyl (C=O) groups excluding carboxylic acids is 2. The van der Waals surface area contributed by atoms with Crippen molar-refractivity contribution >= 4 is 11.8 Å². The summed E-state index contributed by atoms with van der Waals surface area (Å²) in [6.07, 6.45) is 1.02. The van der Waals surface area contributed by atoms with Crippen molar-refractivity contribution in [3.8, 4) is 5.75 Å². The number of primary amides is 1. The van der Waals surface area contributed by atoms with Crippen molar-refractivity contribution in [3.05, 3.63) is 29.8 Å². The van der Waals surface area contributed by atoms with Gasteiger partial charge in [-0.05, 0) is 25.1 Å². The van der Waals surface area contributed by atoms with Crippen molar-refractivity contribution in [3.63, 3.8) is 0 Å². The van der Waals surface area contributed by atoms with E-state index in [1.165, 1.54) is 0 Å². The largest absolute Gasteiger partial charge is 0.496 e. The summed E-state index contributed by atoms with van der Waals surface area (Å²) in [5.74, 6) is 0.457. The summed E-state index contributed by atoms with van der Waals surface area (Å²) in [4.78, 5) is 27.4. The van der Waals surface area contributed by atoms with Crippen LogP contribution in [-0.4, -0.2) is 61.4 Å². The Labute approximate surface area is 130 Å². The second-order valence-electron chi connectivity index (χ2n) is 5.55. The molecule has 120 valence electrons. The van der Waals surface area contributed by atoms with Crippen LogP contribution >= 0.6 is 0 Å². The van der Waals surface area contributed by atoms with Gasteiger partial charge in [-0.1, -0.05) is 18.2 Å². The molecule has 0 radical (unpaired) electrons. The van der Waals surface area contributed by atoms with Gasteiger partial charge in [0.05, 0.1) is 7.11 Å². The van der Waals surface area contributed by atoms with Crippen molar-refractivity contribution in [1.82, 2.24) is 9.80 Å². The Morgan fingerprint density at radius 2 is 2.05 bits per heavy atom. The van der Waals surface area contributed by atoms with E-state index < -0.39 is 6.04 Å². The third-order valence-corrected chi connectivity index (χ3v) is 4.13. The number of nitrogens with two attached hydrogens (primary N) is 1. The van der Waals surface area contributed by atoms with E-state index in [1.54, 1.807) is 12.0 Å². The van der Waals surface area contributed by atoms with E-state index >= 15 is 0 Å². The molecule has 0 unspecified atom stereocenters. The van der Waals surface area contributed by atoms with Crippen LogP contribution in [0.25, 0.3) is 0 Å². The fourth-order valence-electron chi connectivity index (χ4n) is 2.72. The molecule has 0 saturated carbocycles. The van der Waals surface area contributed by atoms with Crippen LogP contribution in [0, 0.1) is 0 Å². The maximum atomic E-state index is 12.4. The molecule has 6 nitrogen and oxygen atoms in total. The SMILES string of the molecule is COc1ccccc1CCC(=O)N1CCN(C)[C@@H](C(N)=O)C1. The van der Waals surface area contributed by atoms with Gasteiger partial charge in [-0.25, -0.2) is 0 Å². The van der Waals surface area contributed by atoms with Gasteiger partial charge < -0.3 is 15.4 Å². The maximum Gasteiger partial charge on any atom is 0.236 e. The summed E-state index contributed by atoms with van der Waals surface area (Å²) in [5, 5.41) is 0. The number of carbonyl (C=O) groups is 2. The van der Waals surface area contributed by atoms with Gasteiger partial charge in [0.2, 0.25) is 11.8 Å². The summed E-state index contributed by atoms with van der Waals surface area (Å²) in [5.41, 5.74) is 6.40. The molecule has 0 aromatic heterocycles. The number of hydrogen-bond donors (Lipinski definition) is 1. The van der Waals surface area contributed by atoms with Gasteiger partial charge in [0.1, 0.15) is 11.8 Å². The fourth-order valence-corrected chi connectivity index (χ4v) is 2.72. The second-order valence-corrected chi connectivity index (χ2v) is 5.55. The molecule has 1 aliphatic heterocycles. The van der Waals surface area contributed by atoms with E-state index in [9.17, 15) is 9.59 Å². The minimum Gasteiger partial charge on any atom is -0.496 e. The number of piperazine rings is 1. The van der Waals surface area contributed by atoms with Gasteiger partial charge >= 0.3 is 0 Å². The molecule has 2 N–H and O–H groups in total. The highest BCUT2D eigenvalue weighted by Gasteiger charge is 2.30. The first-order valence-electron chi connectivity index (χ1n) is 7.42. The van der Waals surface area contributed by atoms with E-state index in [1.807, 2.05) is 36.2 Å². The zero-order chi connectivity index (χ0) is 16.1. The van der Waals surface area contributed by atoms with Gasteiger partial charge in [0.15, 0.2) is 0 Å². The Morgan fingerprint density at radius 3 is 2.73 bits per heavy atom. The van der Waals surface area contributed by atoms with Crippen LogP contribution in [0.1, 0.15) is 12.0 Å². The van der Waals surface area contributed by atoms with E-state index in [-0.39, 0.29) is 11.8 Å². The third-order valence-electron chi connectivity index (χ3n) is 4.13. The highest BCUT2D eigenvalue weighted by atomic mass is 16.5. The molecule has 2 rings (SSSR count). The zero-order valence-electron chi connectivity index (χ0n) is 13.1. The van der Waals surface area contributed by atoms with E-state index in [2.05, 4.69) is 0 Å². The van der Waals surface area contributed by atoms with Gasteiger partial charge in [-0.15, -0.1) is 0 Å². The van der Waals surface area contributed by atoms with Crippen molar-refractivity contribution < 1.29 is 14.3 Å². The molecule has 1 heterocycles. The van der Waals surface area contributed by atoms with Gasteiger partial charge in [0.25, 0.3) is 0 Å². The number of para-hydroxylation sites is 1. The molecule has 1 atom stereocenters. The van der Waals surface area contributed by atoms with Crippen LogP contribution in [0.2, 0.25) is 0 Å². The Balaban J connectivity index is 1.93. The minimum absolute atomic E-state index is 0.0465. The van der Waals surface area contributed by atoms with Crippen LogP contribution < -0.4 is 10.5 Å². The number of likely N-dealkylation sites (N-methyl/N-ethyl adjacent to an activating group) is 1. The Hall–Kier alpha value is -2.08. The van der Waals surface area contributed by atoms with Crippen molar-refractivity contribution in [2.45, 2.75) is 18.9 Å². The molecule has 1 saturated heterocycles. The number of amides is 2. The standard InChI is InChI=1S/C16H23N3O3/c1-18-9-10-19(11-13(18)16(17)21)15(20)8-7-12-5-3-4-6-14(12)22-2/h3-6,13H,7-11H2,1-2H3,(H2,17,21)/t13-/m1/s1. The molecule has 1 fully saturated rings. The minimum atomic E-state index is -0.399. The summed E-state index contributed by atoms with van der Waals surface area (Å²) in [7, 11) is 3.48. The van der Waals surface area contributed by atoms with Crippen LogP contribution in [0.4, 0.5) is 0 Å². The molecule has 1 aromatic carbocycles. The molecular formula is C16H23N3O3. The smallest absolute Gasteiger partial charge is 0.236 e. The number of rotatable bonds is 5. The van der Waals surface area contributed by atoms with Crippen LogP contribution in [-0.2, 0) is 16.0 Å². The number of hydrogen-bond acceptors (Lipinski definition) is 4. The number of benzene rings is 1. The summed E-state index contributed by atoms with van der Waals surface area (Å²) in [6.45, 7) is 1.66. The Bertz CT molecular complexity index is 547. The number of ether oxygens (including phenoxy) is 1. The molecule has 0 aliphatic carbocycles. The monoisotopic (exact) mass is 305 g/mol. The number of nitrogens with zero attached hydrogens (tertiary/aromatic N) is 2. The normalized spacial score (nSPS) is 19.0. The van der Waals surface area contributed by atoms with Gasteiger partial charge in [0, 0.05) is 26.1 Å². The third kappa shape index (κ3) is 3.76. The van der Waals surface area contributed by atoms with Crippen LogP contribution in [0.3, 0.4) is 0 Å². The van der Waals surface area contributed by atoms with Gasteiger partial charge in [-0.2, -0.15) is 0 Å². The topological polar surface area (TPSA) is 75.9 Å². The Kier molecular flexibility index (Phi) is 5.38. The van der Waals surface area contributed by atoms with Gasteiger partial charge in [-0.3, -0.25) is 14.5 Å². The van der Waals surface area contributed by atoms with Crippen LogP contribution in [0.5, 0.6) is 5.75 Å². The first-order valence-corrected chi connectivity index (χ1v) is 7.42. The predicted octanol–water partition coefficient (Wildman–Crippen LogP) is 0.256.